The Labute approximate surface area is 112 Å². The van der Waals surface area contributed by atoms with E-state index in [4.69, 9.17) is 5.11 Å². The molecular formula is C11H13BrN2O4. The highest BCUT2D eigenvalue weighted by Gasteiger charge is 2.25. The molecule has 7 heteroatoms. The first-order valence-corrected chi connectivity index (χ1v) is 5.94. The van der Waals surface area contributed by atoms with E-state index < -0.39 is 23.9 Å². The third kappa shape index (κ3) is 4.42. The molecular weight excluding hydrogens is 304 g/mol. The zero-order valence-corrected chi connectivity index (χ0v) is 11.3. The quantitative estimate of drug-likeness (QED) is 0.746. The highest BCUT2D eigenvalue weighted by molar-refractivity contribution is 9.10. The number of amides is 1. The fraction of sp³-hybridized carbons (Fsp3) is 0.364. The maximum Gasteiger partial charge on any atom is 0.306 e. The molecule has 1 amide bonds. The van der Waals surface area contributed by atoms with Crippen molar-refractivity contribution in [1.82, 2.24) is 10.3 Å². The molecule has 0 spiro atoms. The number of hydrogen-bond donors (Lipinski definition) is 3. The van der Waals surface area contributed by atoms with Gasteiger partial charge < -0.3 is 15.5 Å². The number of rotatable bonds is 5. The van der Waals surface area contributed by atoms with E-state index in [9.17, 15) is 14.7 Å². The van der Waals surface area contributed by atoms with Gasteiger partial charge in [0.15, 0.2) is 0 Å². The van der Waals surface area contributed by atoms with Crippen LogP contribution in [0.25, 0.3) is 0 Å². The van der Waals surface area contributed by atoms with Crippen molar-refractivity contribution in [2.75, 3.05) is 6.54 Å². The number of nitrogens with one attached hydrogen (secondary N) is 1. The van der Waals surface area contributed by atoms with Crippen LogP contribution in [0.2, 0.25) is 0 Å². The van der Waals surface area contributed by atoms with E-state index in [1.54, 1.807) is 12.1 Å². The zero-order valence-electron chi connectivity index (χ0n) is 9.68. The molecule has 1 atom stereocenters. The standard InChI is InChI=1S/C11H13BrN2O4/c1-11(18,5-8(15)16)6-14-10(17)9-7(12)3-2-4-13-9/h2-4,18H,5-6H2,1H3,(H,14,17)(H,15,16). The van der Waals surface area contributed by atoms with E-state index >= 15 is 0 Å². The second kappa shape index (κ2) is 5.92. The van der Waals surface area contributed by atoms with Crippen LogP contribution in [0.15, 0.2) is 22.8 Å². The summed E-state index contributed by atoms with van der Waals surface area (Å²) in [5, 5.41) is 20.7. The summed E-state index contributed by atoms with van der Waals surface area (Å²) in [4.78, 5) is 26.1. The molecule has 0 saturated carbocycles. The van der Waals surface area contributed by atoms with Crippen molar-refractivity contribution in [3.63, 3.8) is 0 Å². The number of aliphatic hydroxyl groups is 1. The number of carbonyl (C=O) groups excluding carboxylic acids is 1. The molecule has 0 aromatic carbocycles. The Morgan fingerprint density at radius 3 is 2.78 bits per heavy atom. The van der Waals surface area contributed by atoms with E-state index in [-0.39, 0.29) is 12.2 Å². The molecule has 98 valence electrons. The third-order valence-electron chi connectivity index (χ3n) is 2.14. The second-order valence-electron chi connectivity index (χ2n) is 4.08. The van der Waals surface area contributed by atoms with Gasteiger partial charge in [-0.3, -0.25) is 9.59 Å². The molecule has 0 aliphatic heterocycles. The van der Waals surface area contributed by atoms with Crippen LogP contribution in [0.5, 0.6) is 0 Å². The van der Waals surface area contributed by atoms with Crippen molar-refractivity contribution in [2.24, 2.45) is 0 Å². The molecule has 18 heavy (non-hydrogen) atoms. The van der Waals surface area contributed by atoms with Gasteiger partial charge in [-0.15, -0.1) is 0 Å². The van der Waals surface area contributed by atoms with E-state index in [1.807, 2.05) is 0 Å². The predicted molar refractivity (Wildman–Crippen MR) is 67.1 cm³/mol. The predicted octanol–water partition coefficient (Wildman–Crippen LogP) is 0.800. The van der Waals surface area contributed by atoms with Crippen molar-refractivity contribution >= 4 is 27.8 Å². The Hall–Kier alpha value is -1.47. The Balaban J connectivity index is 2.62. The van der Waals surface area contributed by atoms with Crippen LogP contribution in [0.1, 0.15) is 23.8 Å². The van der Waals surface area contributed by atoms with E-state index in [0.717, 1.165) is 0 Å². The van der Waals surface area contributed by atoms with E-state index in [0.29, 0.717) is 4.47 Å². The van der Waals surface area contributed by atoms with Crippen LogP contribution < -0.4 is 5.32 Å². The Morgan fingerprint density at radius 2 is 2.22 bits per heavy atom. The molecule has 0 bridgehead atoms. The van der Waals surface area contributed by atoms with Crippen molar-refractivity contribution in [3.05, 3.63) is 28.5 Å². The van der Waals surface area contributed by atoms with Crippen molar-refractivity contribution in [2.45, 2.75) is 18.9 Å². The van der Waals surface area contributed by atoms with Gasteiger partial charge in [0, 0.05) is 17.2 Å². The largest absolute Gasteiger partial charge is 0.481 e. The molecule has 1 unspecified atom stereocenters. The van der Waals surface area contributed by atoms with Gasteiger partial charge >= 0.3 is 5.97 Å². The summed E-state index contributed by atoms with van der Waals surface area (Å²) < 4.78 is 0.528. The van der Waals surface area contributed by atoms with Gasteiger partial charge in [0.05, 0.1) is 12.0 Å². The molecule has 1 aromatic rings. The molecule has 0 saturated heterocycles. The number of halogens is 1. The van der Waals surface area contributed by atoms with Gasteiger partial charge in [-0.05, 0) is 35.0 Å². The summed E-state index contributed by atoms with van der Waals surface area (Å²) in [6.45, 7) is 1.18. The van der Waals surface area contributed by atoms with Crippen LogP contribution >= 0.6 is 15.9 Å². The first-order chi connectivity index (χ1) is 8.32. The minimum absolute atomic E-state index is 0.166. The van der Waals surface area contributed by atoms with Gasteiger partial charge in [-0.25, -0.2) is 4.98 Å². The fourth-order valence-corrected chi connectivity index (χ4v) is 1.73. The number of carbonyl (C=O) groups is 2. The number of pyridine rings is 1. The lowest BCUT2D eigenvalue weighted by molar-refractivity contribution is -0.141. The minimum Gasteiger partial charge on any atom is -0.481 e. The summed E-state index contributed by atoms with van der Waals surface area (Å²) >= 11 is 3.18. The molecule has 3 N–H and O–H groups in total. The van der Waals surface area contributed by atoms with Crippen molar-refractivity contribution < 1.29 is 19.8 Å². The second-order valence-corrected chi connectivity index (χ2v) is 4.94. The van der Waals surface area contributed by atoms with Crippen LogP contribution in [0.4, 0.5) is 0 Å². The van der Waals surface area contributed by atoms with Crippen LogP contribution in [0.3, 0.4) is 0 Å². The van der Waals surface area contributed by atoms with Gasteiger partial charge in [0.2, 0.25) is 0 Å². The van der Waals surface area contributed by atoms with E-state index in [2.05, 4.69) is 26.2 Å². The SMILES string of the molecule is CC(O)(CNC(=O)c1ncccc1Br)CC(=O)O. The van der Waals surface area contributed by atoms with Gasteiger partial charge in [-0.2, -0.15) is 0 Å². The number of aromatic nitrogens is 1. The molecule has 1 heterocycles. The first kappa shape index (κ1) is 14.6. The van der Waals surface area contributed by atoms with Crippen LogP contribution in [0, 0.1) is 0 Å². The topological polar surface area (TPSA) is 99.5 Å². The molecule has 6 nitrogen and oxygen atoms in total. The average molecular weight is 317 g/mol. The van der Waals surface area contributed by atoms with Crippen LogP contribution in [-0.2, 0) is 4.79 Å². The number of hydrogen-bond acceptors (Lipinski definition) is 4. The van der Waals surface area contributed by atoms with Crippen molar-refractivity contribution in [3.8, 4) is 0 Å². The molecule has 0 aliphatic carbocycles. The monoisotopic (exact) mass is 316 g/mol. The lowest BCUT2D eigenvalue weighted by Crippen LogP contribution is -2.42. The molecule has 0 radical (unpaired) electrons. The summed E-state index contributed by atoms with van der Waals surface area (Å²) in [5.74, 6) is -1.61. The van der Waals surface area contributed by atoms with Gasteiger partial charge in [0.1, 0.15) is 5.69 Å². The van der Waals surface area contributed by atoms with Gasteiger partial charge in [0.25, 0.3) is 5.91 Å². The fourth-order valence-electron chi connectivity index (χ4n) is 1.30. The Morgan fingerprint density at radius 1 is 1.56 bits per heavy atom. The smallest absolute Gasteiger partial charge is 0.306 e. The highest BCUT2D eigenvalue weighted by Crippen LogP contribution is 2.13. The summed E-state index contributed by atoms with van der Waals surface area (Å²) in [7, 11) is 0. The summed E-state index contributed by atoms with van der Waals surface area (Å²) in [6, 6.07) is 3.33. The summed E-state index contributed by atoms with van der Waals surface area (Å²) in [5.41, 5.74) is -1.31. The Kier molecular flexibility index (Phi) is 4.80. The maximum absolute atomic E-state index is 11.7. The number of carboxylic acids is 1. The number of carboxylic acid groups (broad SMARTS) is 1. The molecule has 0 aliphatic rings. The van der Waals surface area contributed by atoms with Gasteiger partial charge in [-0.1, -0.05) is 0 Å². The molecule has 0 fully saturated rings. The Bertz CT molecular complexity index is 462. The molecule has 1 aromatic heterocycles. The average Bonchev–Trinajstić information content (AvgIpc) is 2.25. The third-order valence-corrected chi connectivity index (χ3v) is 2.78. The lowest BCUT2D eigenvalue weighted by Gasteiger charge is -2.21. The highest BCUT2D eigenvalue weighted by atomic mass is 79.9. The summed E-state index contributed by atoms with van der Waals surface area (Å²) in [6.07, 6.45) is 1.02. The van der Waals surface area contributed by atoms with Crippen LogP contribution in [-0.4, -0.2) is 39.2 Å². The molecule has 1 rings (SSSR count). The van der Waals surface area contributed by atoms with E-state index in [1.165, 1.54) is 13.1 Å². The zero-order chi connectivity index (χ0) is 13.8. The maximum atomic E-state index is 11.7. The number of aliphatic carboxylic acids is 1. The first-order valence-electron chi connectivity index (χ1n) is 5.15. The number of nitrogens with zero attached hydrogens (tertiary/aromatic N) is 1. The van der Waals surface area contributed by atoms with Crippen molar-refractivity contribution in [1.29, 1.82) is 0 Å². The minimum atomic E-state index is -1.50. The normalized spacial score (nSPS) is 13.7. The lowest BCUT2D eigenvalue weighted by atomic mass is 10.0.